The fourth-order valence-electron chi connectivity index (χ4n) is 4.16. The fourth-order valence-corrected chi connectivity index (χ4v) is 5.53. The van der Waals surface area contributed by atoms with Gasteiger partial charge in [-0.2, -0.15) is 0 Å². The summed E-state index contributed by atoms with van der Waals surface area (Å²) in [5.41, 5.74) is 3.63. The van der Waals surface area contributed by atoms with Crippen LogP contribution in [0.3, 0.4) is 0 Å². The highest BCUT2D eigenvalue weighted by atomic mass is 32.2. The van der Waals surface area contributed by atoms with Gasteiger partial charge in [0.1, 0.15) is 0 Å². The van der Waals surface area contributed by atoms with Gasteiger partial charge in [0, 0.05) is 53.9 Å². The first-order valence-electron chi connectivity index (χ1n) is 11.4. The van der Waals surface area contributed by atoms with Gasteiger partial charge in [0.2, 0.25) is 0 Å². The topological polar surface area (TPSA) is 81.5 Å². The molecule has 2 aromatic heterocycles. The van der Waals surface area contributed by atoms with E-state index in [2.05, 4.69) is 9.88 Å². The standard InChI is InChI=1S/C27H25N3O4S/c1-20-4-8-24(9-5-20)35(32,33)30-19-22(6-11-27(31)21-3-2-12-28-18-21)25-17-23(7-10-26(25)30)29-13-15-34-16-14-29/h2-12,17-19H,13-16H2,1H3/b11-6+. The Morgan fingerprint density at radius 2 is 1.83 bits per heavy atom. The minimum atomic E-state index is -3.84. The normalized spacial score (nSPS) is 14.6. The number of ketones is 1. The quantitative estimate of drug-likeness (QED) is 0.298. The second-order valence-electron chi connectivity index (χ2n) is 8.44. The molecule has 0 spiro atoms. The second-order valence-corrected chi connectivity index (χ2v) is 10.3. The molecule has 4 aromatic rings. The molecular formula is C27H25N3O4S. The summed E-state index contributed by atoms with van der Waals surface area (Å²) in [4.78, 5) is 19.1. The molecule has 0 saturated carbocycles. The summed E-state index contributed by atoms with van der Waals surface area (Å²) in [6.07, 6.45) is 7.82. The maximum absolute atomic E-state index is 13.6. The number of hydrogen-bond acceptors (Lipinski definition) is 6. The summed E-state index contributed by atoms with van der Waals surface area (Å²) >= 11 is 0. The van der Waals surface area contributed by atoms with E-state index in [0.717, 1.165) is 29.7 Å². The summed E-state index contributed by atoms with van der Waals surface area (Å²) in [6.45, 7) is 4.73. The molecule has 0 N–H and O–H groups in total. The van der Waals surface area contributed by atoms with Crippen LogP contribution in [0.1, 0.15) is 21.5 Å². The van der Waals surface area contributed by atoms with E-state index in [9.17, 15) is 13.2 Å². The Labute approximate surface area is 204 Å². The first-order valence-corrected chi connectivity index (χ1v) is 12.8. The number of pyridine rings is 1. The number of rotatable bonds is 6. The molecule has 1 aliphatic heterocycles. The zero-order valence-electron chi connectivity index (χ0n) is 19.3. The largest absolute Gasteiger partial charge is 0.378 e. The van der Waals surface area contributed by atoms with Gasteiger partial charge >= 0.3 is 0 Å². The van der Waals surface area contributed by atoms with Crippen LogP contribution < -0.4 is 4.90 Å². The van der Waals surface area contributed by atoms with E-state index in [4.69, 9.17) is 4.74 Å². The molecule has 0 aliphatic carbocycles. The van der Waals surface area contributed by atoms with Gasteiger partial charge < -0.3 is 9.64 Å². The van der Waals surface area contributed by atoms with Gasteiger partial charge in [0.15, 0.2) is 5.78 Å². The van der Waals surface area contributed by atoms with Gasteiger partial charge in [-0.15, -0.1) is 0 Å². The molecule has 0 atom stereocenters. The summed E-state index contributed by atoms with van der Waals surface area (Å²) in [5.74, 6) is -0.204. The highest BCUT2D eigenvalue weighted by Crippen LogP contribution is 2.31. The van der Waals surface area contributed by atoms with Crippen molar-refractivity contribution in [2.45, 2.75) is 11.8 Å². The van der Waals surface area contributed by atoms with Crippen molar-refractivity contribution in [3.63, 3.8) is 0 Å². The number of fused-ring (bicyclic) bond motifs is 1. The molecule has 1 saturated heterocycles. The van der Waals surface area contributed by atoms with Crippen molar-refractivity contribution in [1.29, 1.82) is 0 Å². The highest BCUT2D eigenvalue weighted by Gasteiger charge is 2.22. The van der Waals surface area contributed by atoms with Crippen LogP contribution in [0.5, 0.6) is 0 Å². The van der Waals surface area contributed by atoms with Crippen molar-refractivity contribution < 1.29 is 17.9 Å². The summed E-state index contributed by atoms with van der Waals surface area (Å²) in [7, 11) is -3.84. The van der Waals surface area contributed by atoms with Crippen LogP contribution in [0, 0.1) is 6.92 Å². The number of hydrogen-bond donors (Lipinski definition) is 0. The molecule has 1 fully saturated rings. The molecule has 1 aliphatic rings. The molecule has 5 rings (SSSR count). The lowest BCUT2D eigenvalue weighted by atomic mass is 10.1. The smallest absolute Gasteiger partial charge is 0.268 e. The molecule has 178 valence electrons. The van der Waals surface area contributed by atoms with Crippen molar-refractivity contribution in [2.24, 2.45) is 0 Å². The van der Waals surface area contributed by atoms with Gasteiger partial charge in [-0.3, -0.25) is 9.78 Å². The molecule has 2 aromatic carbocycles. The number of aromatic nitrogens is 2. The lowest BCUT2D eigenvalue weighted by Crippen LogP contribution is -2.36. The SMILES string of the molecule is Cc1ccc(S(=O)(=O)n2cc(/C=C/C(=O)c3cccnc3)c3cc(N4CCOCC4)ccc32)cc1. The van der Waals surface area contributed by atoms with E-state index >= 15 is 0 Å². The Morgan fingerprint density at radius 3 is 2.54 bits per heavy atom. The van der Waals surface area contributed by atoms with Crippen molar-refractivity contribution in [2.75, 3.05) is 31.2 Å². The van der Waals surface area contributed by atoms with Gasteiger partial charge in [-0.05, 0) is 61.5 Å². The number of benzene rings is 2. The number of ether oxygens (including phenoxy) is 1. The maximum atomic E-state index is 13.6. The molecular weight excluding hydrogens is 462 g/mol. The zero-order chi connectivity index (χ0) is 24.4. The fraction of sp³-hybridized carbons (Fsp3) is 0.185. The van der Waals surface area contributed by atoms with Crippen LogP contribution in [-0.4, -0.2) is 49.5 Å². The minimum absolute atomic E-state index is 0.204. The monoisotopic (exact) mass is 487 g/mol. The van der Waals surface area contributed by atoms with Gasteiger partial charge in [-0.1, -0.05) is 17.7 Å². The van der Waals surface area contributed by atoms with Crippen LogP contribution in [0.4, 0.5) is 5.69 Å². The Morgan fingerprint density at radius 1 is 1.06 bits per heavy atom. The third-order valence-electron chi connectivity index (χ3n) is 6.10. The van der Waals surface area contributed by atoms with Crippen LogP contribution in [0.15, 0.2) is 84.2 Å². The average Bonchev–Trinajstić information content (AvgIpc) is 3.27. The highest BCUT2D eigenvalue weighted by molar-refractivity contribution is 7.90. The van der Waals surface area contributed by atoms with Gasteiger partial charge in [0.25, 0.3) is 10.0 Å². The van der Waals surface area contributed by atoms with E-state index in [-0.39, 0.29) is 10.7 Å². The molecule has 0 bridgehead atoms. The number of carbonyl (C=O) groups excluding carboxylic acids is 1. The number of aryl methyl sites for hydroxylation is 1. The number of morpholine rings is 1. The zero-order valence-corrected chi connectivity index (χ0v) is 20.1. The Kier molecular flexibility index (Phi) is 6.23. The minimum Gasteiger partial charge on any atom is -0.378 e. The van der Waals surface area contributed by atoms with Crippen LogP contribution in [0.2, 0.25) is 0 Å². The average molecular weight is 488 g/mol. The van der Waals surface area contributed by atoms with Crippen LogP contribution in [-0.2, 0) is 14.8 Å². The molecule has 0 amide bonds. The summed E-state index contributed by atoms with van der Waals surface area (Å²) < 4.78 is 33.9. The lowest BCUT2D eigenvalue weighted by molar-refractivity contribution is 0.104. The molecule has 3 heterocycles. The lowest BCUT2D eigenvalue weighted by Gasteiger charge is -2.29. The van der Waals surface area contributed by atoms with Gasteiger partial charge in [0.05, 0.1) is 23.6 Å². The first kappa shape index (κ1) is 23.0. The Balaban J connectivity index is 1.61. The van der Waals surface area contributed by atoms with E-state index in [1.807, 2.05) is 25.1 Å². The molecule has 8 heteroatoms. The maximum Gasteiger partial charge on any atom is 0.268 e. The predicted octanol–water partition coefficient (Wildman–Crippen LogP) is 4.31. The summed E-state index contributed by atoms with van der Waals surface area (Å²) in [6, 6.07) is 15.9. The Bertz CT molecular complexity index is 1500. The van der Waals surface area contributed by atoms with Crippen LogP contribution >= 0.6 is 0 Å². The molecule has 0 unspecified atom stereocenters. The number of carbonyl (C=O) groups is 1. The molecule has 0 radical (unpaired) electrons. The first-order chi connectivity index (χ1) is 16.9. The van der Waals surface area contributed by atoms with E-state index in [0.29, 0.717) is 29.9 Å². The van der Waals surface area contributed by atoms with E-state index < -0.39 is 10.0 Å². The van der Waals surface area contributed by atoms with E-state index in [1.54, 1.807) is 54.9 Å². The molecule has 35 heavy (non-hydrogen) atoms. The third-order valence-corrected chi connectivity index (χ3v) is 7.79. The third kappa shape index (κ3) is 4.62. The Hall–Kier alpha value is -3.75. The molecule has 7 nitrogen and oxygen atoms in total. The van der Waals surface area contributed by atoms with E-state index in [1.165, 1.54) is 16.2 Å². The van der Waals surface area contributed by atoms with Crippen molar-refractivity contribution in [3.8, 4) is 0 Å². The number of allylic oxidation sites excluding steroid dienone is 1. The van der Waals surface area contributed by atoms with Crippen molar-refractivity contribution in [1.82, 2.24) is 8.96 Å². The van der Waals surface area contributed by atoms with Gasteiger partial charge in [-0.25, -0.2) is 12.4 Å². The van der Waals surface area contributed by atoms with Crippen LogP contribution in [0.25, 0.3) is 17.0 Å². The predicted molar refractivity (Wildman–Crippen MR) is 136 cm³/mol. The second kappa shape index (κ2) is 9.48. The summed E-state index contributed by atoms with van der Waals surface area (Å²) in [5, 5.41) is 0.750. The van der Waals surface area contributed by atoms with Crippen molar-refractivity contribution >= 4 is 38.5 Å². The number of nitrogens with zero attached hydrogens (tertiary/aromatic N) is 3. The van der Waals surface area contributed by atoms with Crippen molar-refractivity contribution in [3.05, 3.63) is 96.0 Å². The number of anilines is 1.